The van der Waals surface area contributed by atoms with Gasteiger partial charge in [-0.3, -0.25) is 4.79 Å². The van der Waals surface area contributed by atoms with Crippen molar-refractivity contribution >= 4 is 12.1 Å². The van der Waals surface area contributed by atoms with E-state index in [1.807, 2.05) is 32.3 Å². The van der Waals surface area contributed by atoms with Crippen LogP contribution in [-0.2, 0) is 11.2 Å². The Kier molecular flexibility index (Phi) is 3.64. The van der Waals surface area contributed by atoms with Crippen LogP contribution in [-0.4, -0.2) is 45.1 Å². The third-order valence-electron chi connectivity index (χ3n) is 2.92. The van der Waals surface area contributed by atoms with Crippen molar-refractivity contribution < 1.29 is 9.53 Å². The van der Waals surface area contributed by atoms with Gasteiger partial charge in [0.1, 0.15) is 12.4 Å². The summed E-state index contributed by atoms with van der Waals surface area (Å²) in [7, 11) is 4.04. The third kappa shape index (κ3) is 2.77. The highest BCUT2D eigenvalue weighted by Crippen LogP contribution is 2.30. The van der Waals surface area contributed by atoms with Crippen LogP contribution in [0.25, 0.3) is 0 Å². The van der Waals surface area contributed by atoms with Crippen LogP contribution >= 0.6 is 0 Å². The molecule has 0 fully saturated rings. The van der Waals surface area contributed by atoms with Crippen molar-refractivity contribution in [1.82, 2.24) is 4.90 Å². The molecular formula is C13H18N2O2. The van der Waals surface area contributed by atoms with Crippen LogP contribution in [0.3, 0.4) is 0 Å². The lowest BCUT2D eigenvalue weighted by Gasteiger charge is -2.13. The average Bonchev–Trinajstić information content (AvgIpc) is 2.70. The lowest BCUT2D eigenvalue weighted by atomic mass is 10.1. The molecule has 1 amide bonds. The molecule has 0 bridgehead atoms. The number of hydrogen-bond donors (Lipinski definition) is 0. The van der Waals surface area contributed by atoms with Crippen molar-refractivity contribution in [3.05, 3.63) is 23.8 Å². The van der Waals surface area contributed by atoms with Crippen LogP contribution < -0.4 is 9.64 Å². The van der Waals surface area contributed by atoms with Crippen LogP contribution in [0.2, 0.25) is 0 Å². The fourth-order valence-corrected chi connectivity index (χ4v) is 1.95. The second-order valence-electron chi connectivity index (χ2n) is 4.49. The van der Waals surface area contributed by atoms with E-state index in [-0.39, 0.29) is 0 Å². The van der Waals surface area contributed by atoms with Gasteiger partial charge in [-0.15, -0.1) is 0 Å². The molecule has 0 atom stereocenters. The molecule has 2 rings (SSSR count). The SMILES string of the molecule is CN(C)CCOc1ccc2c(c1)CCN2C=O. The second-order valence-corrected chi connectivity index (χ2v) is 4.49. The van der Waals surface area contributed by atoms with E-state index in [0.29, 0.717) is 6.61 Å². The topological polar surface area (TPSA) is 32.8 Å². The molecule has 4 heteroatoms. The predicted molar refractivity (Wildman–Crippen MR) is 67.6 cm³/mol. The van der Waals surface area contributed by atoms with E-state index in [2.05, 4.69) is 4.90 Å². The van der Waals surface area contributed by atoms with Gasteiger partial charge in [0.25, 0.3) is 0 Å². The molecule has 0 aliphatic carbocycles. The Balaban J connectivity index is 2.00. The maximum Gasteiger partial charge on any atom is 0.214 e. The van der Waals surface area contributed by atoms with Crippen LogP contribution in [0, 0.1) is 0 Å². The first-order valence-electron chi connectivity index (χ1n) is 5.83. The minimum Gasteiger partial charge on any atom is -0.492 e. The summed E-state index contributed by atoms with van der Waals surface area (Å²) in [4.78, 5) is 14.6. The van der Waals surface area contributed by atoms with Crippen molar-refractivity contribution in [3.8, 4) is 5.75 Å². The Morgan fingerprint density at radius 1 is 1.47 bits per heavy atom. The fraction of sp³-hybridized carbons (Fsp3) is 0.462. The summed E-state index contributed by atoms with van der Waals surface area (Å²) < 4.78 is 5.66. The van der Waals surface area contributed by atoms with Gasteiger partial charge in [-0.2, -0.15) is 0 Å². The monoisotopic (exact) mass is 234 g/mol. The Bertz CT molecular complexity index is 404. The molecule has 1 aliphatic rings. The summed E-state index contributed by atoms with van der Waals surface area (Å²) in [5.41, 5.74) is 2.21. The number of rotatable bonds is 5. The molecule has 1 aliphatic heterocycles. The highest BCUT2D eigenvalue weighted by atomic mass is 16.5. The van der Waals surface area contributed by atoms with Gasteiger partial charge in [-0.1, -0.05) is 0 Å². The zero-order valence-electron chi connectivity index (χ0n) is 10.3. The number of carbonyl (C=O) groups excluding carboxylic acids is 1. The molecule has 0 N–H and O–H groups in total. The van der Waals surface area contributed by atoms with Crippen LogP contribution in [0.4, 0.5) is 5.69 Å². The molecule has 0 aromatic heterocycles. The number of hydrogen-bond acceptors (Lipinski definition) is 3. The van der Waals surface area contributed by atoms with Crippen LogP contribution in [0.1, 0.15) is 5.56 Å². The zero-order valence-corrected chi connectivity index (χ0v) is 10.3. The summed E-state index contributed by atoms with van der Waals surface area (Å²) in [6.07, 6.45) is 1.80. The lowest BCUT2D eigenvalue weighted by molar-refractivity contribution is -0.107. The number of likely N-dealkylation sites (N-methyl/N-ethyl adjacent to an activating group) is 1. The lowest BCUT2D eigenvalue weighted by Crippen LogP contribution is -2.19. The van der Waals surface area contributed by atoms with E-state index >= 15 is 0 Å². The first-order valence-corrected chi connectivity index (χ1v) is 5.83. The minimum atomic E-state index is 0.684. The molecule has 1 heterocycles. The molecule has 0 saturated carbocycles. The Hall–Kier alpha value is -1.55. The summed E-state index contributed by atoms with van der Waals surface area (Å²) in [5, 5.41) is 0. The number of ether oxygens (including phenoxy) is 1. The largest absolute Gasteiger partial charge is 0.492 e. The molecule has 0 spiro atoms. The first kappa shape index (κ1) is 11.9. The molecule has 17 heavy (non-hydrogen) atoms. The van der Waals surface area contributed by atoms with E-state index in [1.54, 1.807) is 4.90 Å². The van der Waals surface area contributed by atoms with Gasteiger partial charge in [-0.05, 0) is 44.3 Å². The van der Waals surface area contributed by atoms with E-state index in [0.717, 1.165) is 37.4 Å². The number of amides is 1. The normalized spacial score (nSPS) is 13.9. The highest BCUT2D eigenvalue weighted by Gasteiger charge is 2.18. The molecule has 4 nitrogen and oxygen atoms in total. The average molecular weight is 234 g/mol. The molecule has 92 valence electrons. The predicted octanol–water partition coefficient (Wildman–Crippen LogP) is 1.15. The maximum atomic E-state index is 10.8. The van der Waals surface area contributed by atoms with Gasteiger partial charge in [0.2, 0.25) is 6.41 Å². The quantitative estimate of drug-likeness (QED) is 0.716. The van der Waals surface area contributed by atoms with Crippen molar-refractivity contribution in [2.24, 2.45) is 0 Å². The van der Waals surface area contributed by atoms with E-state index in [4.69, 9.17) is 4.74 Å². The Labute approximate surface area is 102 Å². The number of carbonyl (C=O) groups is 1. The van der Waals surface area contributed by atoms with Gasteiger partial charge in [0, 0.05) is 18.8 Å². The summed E-state index contributed by atoms with van der Waals surface area (Å²) >= 11 is 0. The van der Waals surface area contributed by atoms with Gasteiger partial charge in [0.05, 0.1) is 0 Å². The Morgan fingerprint density at radius 2 is 2.29 bits per heavy atom. The number of benzene rings is 1. The molecule has 0 unspecified atom stereocenters. The smallest absolute Gasteiger partial charge is 0.214 e. The van der Waals surface area contributed by atoms with Crippen molar-refractivity contribution in [2.45, 2.75) is 6.42 Å². The van der Waals surface area contributed by atoms with E-state index in [9.17, 15) is 4.79 Å². The highest BCUT2D eigenvalue weighted by molar-refractivity contribution is 5.79. The van der Waals surface area contributed by atoms with Crippen molar-refractivity contribution in [3.63, 3.8) is 0 Å². The maximum absolute atomic E-state index is 10.8. The van der Waals surface area contributed by atoms with Gasteiger partial charge in [-0.25, -0.2) is 0 Å². The zero-order chi connectivity index (χ0) is 12.3. The van der Waals surface area contributed by atoms with Gasteiger partial charge >= 0.3 is 0 Å². The van der Waals surface area contributed by atoms with Crippen molar-refractivity contribution in [2.75, 3.05) is 38.7 Å². The van der Waals surface area contributed by atoms with Crippen molar-refractivity contribution in [1.29, 1.82) is 0 Å². The van der Waals surface area contributed by atoms with E-state index in [1.165, 1.54) is 5.56 Å². The van der Waals surface area contributed by atoms with Crippen LogP contribution in [0.15, 0.2) is 18.2 Å². The first-order chi connectivity index (χ1) is 8.20. The minimum absolute atomic E-state index is 0.684. The Morgan fingerprint density at radius 3 is 3.00 bits per heavy atom. The van der Waals surface area contributed by atoms with Gasteiger partial charge in [0.15, 0.2) is 0 Å². The number of nitrogens with zero attached hydrogens (tertiary/aromatic N) is 2. The molecule has 1 aromatic carbocycles. The van der Waals surface area contributed by atoms with Crippen LogP contribution in [0.5, 0.6) is 5.75 Å². The van der Waals surface area contributed by atoms with E-state index < -0.39 is 0 Å². The summed E-state index contributed by atoms with van der Waals surface area (Å²) in [5.74, 6) is 0.887. The fourth-order valence-electron chi connectivity index (χ4n) is 1.95. The summed E-state index contributed by atoms with van der Waals surface area (Å²) in [6.45, 7) is 2.36. The summed E-state index contributed by atoms with van der Waals surface area (Å²) in [6, 6.07) is 5.92. The molecule has 1 aromatic rings. The van der Waals surface area contributed by atoms with Gasteiger partial charge < -0.3 is 14.5 Å². The molecule has 0 radical (unpaired) electrons. The second kappa shape index (κ2) is 5.19. The third-order valence-corrected chi connectivity index (χ3v) is 2.92. The standard InChI is InChI=1S/C13H18N2O2/c1-14(2)7-8-17-12-3-4-13-11(9-12)5-6-15(13)10-16/h3-4,9-10H,5-8H2,1-2H3. The molecule has 0 saturated heterocycles. The number of anilines is 1. The molecular weight excluding hydrogens is 216 g/mol. The number of fused-ring (bicyclic) bond motifs is 1.